The first-order valence-electron chi connectivity index (χ1n) is 3.32. The molecule has 0 heterocycles. The Morgan fingerprint density at radius 1 is 1.55 bits per heavy atom. The van der Waals surface area contributed by atoms with E-state index in [1.165, 1.54) is 6.08 Å². The van der Waals surface area contributed by atoms with E-state index in [1.807, 2.05) is 6.92 Å². The molecule has 0 aliphatic rings. The summed E-state index contributed by atoms with van der Waals surface area (Å²) in [6.45, 7) is 13.0. The zero-order valence-corrected chi connectivity index (χ0v) is 6.81. The monoisotopic (exact) mass is 151 g/mol. The molecule has 0 spiro atoms. The van der Waals surface area contributed by atoms with E-state index in [1.54, 1.807) is 0 Å². The predicted octanol–water partition coefficient (Wildman–Crippen LogP) is 1.42. The second-order valence-electron chi connectivity index (χ2n) is 2.31. The van der Waals surface area contributed by atoms with Gasteiger partial charge in [-0.05, 0) is 18.6 Å². The molecular formula is C9H13NO. The van der Waals surface area contributed by atoms with Gasteiger partial charge in [-0.15, -0.1) is 0 Å². The number of nitrogens with one attached hydrogen (secondary N) is 1. The fourth-order valence-electron chi connectivity index (χ4n) is 0.417. The van der Waals surface area contributed by atoms with Crippen LogP contribution in [0.4, 0.5) is 0 Å². The second kappa shape index (κ2) is 4.50. The van der Waals surface area contributed by atoms with Crippen molar-refractivity contribution in [3.05, 3.63) is 37.0 Å². The molecule has 1 N–H and O–H groups in total. The lowest BCUT2D eigenvalue weighted by molar-refractivity contribution is -0.116. The quantitative estimate of drug-likeness (QED) is 0.478. The van der Waals surface area contributed by atoms with E-state index in [0.29, 0.717) is 6.54 Å². The van der Waals surface area contributed by atoms with Crippen LogP contribution in [0.25, 0.3) is 0 Å². The Labute approximate surface area is 67.3 Å². The average molecular weight is 151 g/mol. The van der Waals surface area contributed by atoms with Crippen LogP contribution in [0.3, 0.4) is 0 Å². The Bertz CT molecular complexity index is 204. The highest BCUT2D eigenvalue weighted by atomic mass is 16.1. The van der Waals surface area contributed by atoms with Crippen LogP contribution in [0.2, 0.25) is 0 Å². The van der Waals surface area contributed by atoms with E-state index in [0.717, 1.165) is 11.1 Å². The SMILES string of the molecule is C=CC(=O)NCC(=C)C(=C)C. The molecule has 0 saturated heterocycles. The van der Waals surface area contributed by atoms with Gasteiger partial charge in [-0.2, -0.15) is 0 Å². The van der Waals surface area contributed by atoms with Gasteiger partial charge in [0.2, 0.25) is 5.91 Å². The van der Waals surface area contributed by atoms with Crippen molar-refractivity contribution < 1.29 is 4.79 Å². The summed E-state index contributed by atoms with van der Waals surface area (Å²) in [5, 5.41) is 2.60. The van der Waals surface area contributed by atoms with E-state index in [9.17, 15) is 4.79 Å². The summed E-state index contributed by atoms with van der Waals surface area (Å²) in [4.78, 5) is 10.6. The van der Waals surface area contributed by atoms with Gasteiger partial charge >= 0.3 is 0 Å². The molecular weight excluding hydrogens is 138 g/mol. The standard InChI is InChI=1S/C9H13NO/c1-5-9(11)10-6-8(4)7(2)3/h5H,1-2,4,6H2,3H3,(H,10,11). The molecule has 60 valence electrons. The van der Waals surface area contributed by atoms with Crippen LogP contribution in [0, 0.1) is 0 Å². The van der Waals surface area contributed by atoms with Gasteiger partial charge in [0, 0.05) is 6.54 Å². The highest BCUT2D eigenvalue weighted by Gasteiger charge is 1.96. The Kier molecular flexibility index (Phi) is 3.96. The molecule has 0 aromatic heterocycles. The highest BCUT2D eigenvalue weighted by Crippen LogP contribution is 2.00. The summed E-state index contributed by atoms with van der Waals surface area (Å²) in [7, 11) is 0. The van der Waals surface area contributed by atoms with Crippen LogP contribution >= 0.6 is 0 Å². The van der Waals surface area contributed by atoms with Gasteiger partial charge in [-0.3, -0.25) is 4.79 Å². The van der Waals surface area contributed by atoms with Crippen molar-refractivity contribution in [3.63, 3.8) is 0 Å². The maximum atomic E-state index is 10.6. The smallest absolute Gasteiger partial charge is 0.243 e. The van der Waals surface area contributed by atoms with Crippen molar-refractivity contribution in [2.75, 3.05) is 6.54 Å². The maximum absolute atomic E-state index is 10.6. The number of hydrogen-bond donors (Lipinski definition) is 1. The number of hydrogen-bond acceptors (Lipinski definition) is 1. The molecule has 0 aliphatic heterocycles. The first kappa shape index (κ1) is 9.69. The van der Waals surface area contributed by atoms with E-state index >= 15 is 0 Å². The molecule has 11 heavy (non-hydrogen) atoms. The zero-order valence-electron chi connectivity index (χ0n) is 6.81. The van der Waals surface area contributed by atoms with Crippen LogP contribution < -0.4 is 5.32 Å². The van der Waals surface area contributed by atoms with Crippen LogP contribution in [-0.2, 0) is 4.79 Å². The van der Waals surface area contributed by atoms with Gasteiger partial charge in [0.05, 0.1) is 0 Å². The van der Waals surface area contributed by atoms with Crippen molar-refractivity contribution in [1.29, 1.82) is 0 Å². The molecule has 0 unspecified atom stereocenters. The van der Waals surface area contributed by atoms with E-state index in [-0.39, 0.29) is 5.91 Å². The summed E-state index contributed by atoms with van der Waals surface area (Å²) in [5.74, 6) is -0.188. The molecule has 0 atom stereocenters. The first-order valence-corrected chi connectivity index (χ1v) is 3.32. The molecule has 0 aromatic rings. The lowest BCUT2D eigenvalue weighted by atomic mass is 10.1. The summed E-state index contributed by atoms with van der Waals surface area (Å²) < 4.78 is 0. The topological polar surface area (TPSA) is 29.1 Å². The van der Waals surface area contributed by atoms with Gasteiger partial charge in [-0.25, -0.2) is 0 Å². The lowest BCUT2D eigenvalue weighted by Gasteiger charge is -2.04. The Balaban J connectivity index is 3.71. The summed E-state index contributed by atoms with van der Waals surface area (Å²) in [6.07, 6.45) is 1.23. The van der Waals surface area contributed by atoms with Crippen molar-refractivity contribution in [2.45, 2.75) is 6.92 Å². The second-order valence-corrected chi connectivity index (χ2v) is 2.31. The van der Waals surface area contributed by atoms with Gasteiger partial charge in [-0.1, -0.05) is 25.3 Å². The van der Waals surface area contributed by atoms with Crippen molar-refractivity contribution in [1.82, 2.24) is 5.32 Å². The molecule has 1 amide bonds. The maximum Gasteiger partial charge on any atom is 0.243 e. The minimum absolute atomic E-state index is 0.188. The number of carbonyl (C=O) groups is 1. The van der Waals surface area contributed by atoms with Crippen molar-refractivity contribution in [3.8, 4) is 0 Å². The summed E-state index contributed by atoms with van der Waals surface area (Å²) >= 11 is 0. The van der Waals surface area contributed by atoms with Crippen molar-refractivity contribution in [2.24, 2.45) is 0 Å². The molecule has 0 aliphatic carbocycles. The molecule has 0 radical (unpaired) electrons. The molecule has 0 bridgehead atoms. The lowest BCUT2D eigenvalue weighted by Crippen LogP contribution is -2.23. The molecule has 0 rings (SSSR count). The molecule has 0 fully saturated rings. The highest BCUT2D eigenvalue weighted by molar-refractivity contribution is 5.87. The Morgan fingerprint density at radius 2 is 2.09 bits per heavy atom. The zero-order chi connectivity index (χ0) is 8.85. The third-order valence-corrected chi connectivity index (χ3v) is 1.26. The number of carbonyl (C=O) groups excluding carboxylic acids is 1. The van der Waals surface area contributed by atoms with E-state index in [4.69, 9.17) is 0 Å². The van der Waals surface area contributed by atoms with Gasteiger partial charge in [0.1, 0.15) is 0 Å². The minimum atomic E-state index is -0.188. The molecule has 2 nitrogen and oxygen atoms in total. The average Bonchev–Trinajstić information content (AvgIpc) is 1.99. The fraction of sp³-hybridized carbons (Fsp3) is 0.222. The van der Waals surface area contributed by atoms with Crippen molar-refractivity contribution >= 4 is 5.91 Å². The van der Waals surface area contributed by atoms with Gasteiger partial charge in [0.25, 0.3) is 0 Å². The largest absolute Gasteiger partial charge is 0.349 e. The number of amides is 1. The third-order valence-electron chi connectivity index (χ3n) is 1.26. The van der Waals surface area contributed by atoms with Gasteiger partial charge < -0.3 is 5.32 Å². The van der Waals surface area contributed by atoms with E-state index in [2.05, 4.69) is 25.1 Å². The first-order chi connectivity index (χ1) is 5.07. The predicted molar refractivity (Wildman–Crippen MR) is 47.2 cm³/mol. The normalized spacial score (nSPS) is 8.45. The van der Waals surface area contributed by atoms with Crippen LogP contribution in [0.1, 0.15) is 6.92 Å². The summed E-state index contributed by atoms with van der Waals surface area (Å²) in [6, 6.07) is 0. The van der Waals surface area contributed by atoms with Crippen LogP contribution in [-0.4, -0.2) is 12.5 Å². The summed E-state index contributed by atoms with van der Waals surface area (Å²) in [5.41, 5.74) is 1.72. The Morgan fingerprint density at radius 3 is 2.45 bits per heavy atom. The fourth-order valence-corrected chi connectivity index (χ4v) is 0.417. The molecule has 2 heteroatoms. The van der Waals surface area contributed by atoms with E-state index < -0.39 is 0 Å². The van der Waals surface area contributed by atoms with Crippen LogP contribution in [0.5, 0.6) is 0 Å². The molecule has 0 aromatic carbocycles. The minimum Gasteiger partial charge on any atom is -0.349 e. The number of rotatable bonds is 4. The third kappa shape index (κ3) is 4.14. The Hall–Kier alpha value is -1.31. The van der Waals surface area contributed by atoms with Gasteiger partial charge in [0.15, 0.2) is 0 Å². The van der Waals surface area contributed by atoms with Crippen LogP contribution in [0.15, 0.2) is 37.0 Å². The molecule has 0 saturated carbocycles.